The van der Waals surface area contributed by atoms with Gasteiger partial charge < -0.3 is 20.2 Å². The van der Waals surface area contributed by atoms with E-state index in [2.05, 4.69) is 32.1 Å². The maximum atomic E-state index is 8.90. The number of piperidine rings is 1. The highest BCUT2D eigenvalue weighted by Crippen LogP contribution is 2.35. The fourth-order valence-electron chi connectivity index (χ4n) is 3.15. The average Bonchev–Trinajstić information content (AvgIpc) is 2.90. The van der Waals surface area contributed by atoms with Crippen LogP contribution in [0.5, 0.6) is 0 Å². The van der Waals surface area contributed by atoms with Crippen molar-refractivity contribution in [2.45, 2.75) is 25.3 Å². The van der Waals surface area contributed by atoms with E-state index in [0.29, 0.717) is 23.7 Å². The van der Waals surface area contributed by atoms with Gasteiger partial charge in [-0.25, -0.2) is 4.98 Å². The predicted molar refractivity (Wildman–Crippen MR) is 84.2 cm³/mol. The molecule has 0 bridgehead atoms. The number of nitrogens with one attached hydrogen (secondary N) is 1. The van der Waals surface area contributed by atoms with Crippen LogP contribution in [0.4, 0.5) is 11.8 Å². The van der Waals surface area contributed by atoms with E-state index in [4.69, 9.17) is 16.7 Å². The molecule has 1 aromatic rings. The quantitative estimate of drug-likeness (QED) is 0.809. The minimum Gasteiger partial charge on any atom is -0.395 e. The van der Waals surface area contributed by atoms with Crippen molar-refractivity contribution in [3.05, 3.63) is 10.7 Å². The predicted octanol–water partition coefficient (Wildman–Crippen LogP) is 0.991. The molecule has 1 fully saturated rings. The molecule has 0 radical (unpaired) electrons. The van der Waals surface area contributed by atoms with Crippen LogP contribution in [-0.2, 0) is 6.42 Å². The molecule has 0 saturated carbocycles. The van der Waals surface area contributed by atoms with Crippen molar-refractivity contribution in [2.75, 3.05) is 50.1 Å². The molecule has 3 heterocycles. The second-order valence-corrected chi connectivity index (χ2v) is 6.13. The summed E-state index contributed by atoms with van der Waals surface area (Å²) in [5.41, 5.74) is 1.06. The SMILES string of the molecule is CN1CCC(N2CCc3c(Cl)nc(NCCO)nc32)CC1. The van der Waals surface area contributed by atoms with Crippen molar-refractivity contribution < 1.29 is 5.11 Å². The minimum absolute atomic E-state index is 0.0523. The molecule has 1 aromatic heterocycles. The number of aliphatic hydroxyl groups excluding tert-OH is 1. The third-order valence-electron chi connectivity index (χ3n) is 4.33. The second-order valence-electron chi connectivity index (χ2n) is 5.77. The van der Waals surface area contributed by atoms with Gasteiger partial charge in [0.05, 0.1) is 6.61 Å². The lowest BCUT2D eigenvalue weighted by molar-refractivity contribution is 0.250. The van der Waals surface area contributed by atoms with Gasteiger partial charge in [0.1, 0.15) is 11.0 Å². The zero-order valence-electron chi connectivity index (χ0n) is 12.3. The van der Waals surface area contributed by atoms with E-state index in [1.165, 1.54) is 0 Å². The highest BCUT2D eigenvalue weighted by atomic mass is 35.5. The number of anilines is 2. The minimum atomic E-state index is 0.0523. The molecule has 2 N–H and O–H groups in total. The van der Waals surface area contributed by atoms with Gasteiger partial charge in [-0.1, -0.05) is 11.6 Å². The number of aromatic nitrogens is 2. The van der Waals surface area contributed by atoms with Crippen LogP contribution < -0.4 is 10.2 Å². The maximum Gasteiger partial charge on any atom is 0.226 e. The zero-order chi connectivity index (χ0) is 14.8. The molecule has 1 saturated heterocycles. The highest BCUT2D eigenvalue weighted by Gasteiger charge is 2.31. The van der Waals surface area contributed by atoms with E-state index in [-0.39, 0.29) is 6.61 Å². The Balaban J connectivity index is 1.81. The first-order chi connectivity index (χ1) is 10.2. The molecule has 6 nitrogen and oxygen atoms in total. The molecular formula is C14H22ClN5O. The normalized spacial score (nSPS) is 19.9. The Labute approximate surface area is 130 Å². The van der Waals surface area contributed by atoms with E-state index in [9.17, 15) is 0 Å². The third-order valence-corrected chi connectivity index (χ3v) is 4.65. The fraction of sp³-hybridized carbons (Fsp3) is 0.714. The Morgan fingerprint density at radius 2 is 2.05 bits per heavy atom. The summed E-state index contributed by atoms with van der Waals surface area (Å²) in [6, 6.07) is 0.541. The topological polar surface area (TPSA) is 64.5 Å². The van der Waals surface area contributed by atoms with Gasteiger partial charge in [0, 0.05) is 24.7 Å². The molecule has 0 unspecified atom stereocenters. The number of hydrogen-bond acceptors (Lipinski definition) is 6. The van der Waals surface area contributed by atoms with Gasteiger partial charge in [0.2, 0.25) is 5.95 Å². The Morgan fingerprint density at radius 1 is 1.29 bits per heavy atom. The van der Waals surface area contributed by atoms with Crippen molar-refractivity contribution in [3.8, 4) is 0 Å². The zero-order valence-corrected chi connectivity index (χ0v) is 13.1. The molecule has 3 rings (SSSR count). The van der Waals surface area contributed by atoms with E-state index in [1.807, 2.05) is 0 Å². The number of hydrogen-bond donors (Lipinski definition) is 2. The summed E-state index contributed by atoms with van der Waals surface area (Å²) in [6.45, 7) is 3.72. The smallest absolute Gasteiger partial charge is 0.226 e. The molecule has 0 aromatic carbocycles. The number of likely N-dealkylation sites (tertiary alicyclic amines) is 1. The first-order valence-corrected chi connectivity index (χ1v) is 7.93. The van der Waals surface area contributed by atoms with Gasteiger partial charge in [-0.2, -0.15) is 4.98 Å². The van der Waals surface area contributed by atoms with Crippen molar-refractivity contribution in [1.29, 1.82) is 0 Å². The Kier molecular flexibility index (Phi) is 4.47. The third kappa shape index (κ3) is 3.07. The first kappa shape index (κ1) is 14.8. The van der Waals surface area contributed by atoms with Gasteiger partial charge >= 0.3 is 0 Å². The summed E-state index contributed by atoms with van der Waals surface area (Å²) in [5, 5.41) is 12.4. The van der Waals surface area contributed by atoms with Crippen molar-refractivity contribution in [2.24, 2.45) is 0 Å². The van der Waals surface area contributed by atoms with Crippen LogP contribution in [0, 0.1) is 0 Å². The van der Waals surface area contributed by atoms with E-state index in [0.717, 1.165) is 50.3 Å². The summed E-state index contributed by atoms with van der Waals surface area (Å²) in [6.07, 6.45) is 3.24. The first-order valence-electron chi connectivity index (χ1n) is 7.55. The lowest BCUT2D eigenvalue weighted by atomic mass is 10.0. The van der Waals surface area contributed by atoms with Crippen LogP contribution in [0.15, 0.2) is 0 Å². The van der Waals surface area contributed by atoms with Crippen LogP contribution in [0.25, 0.3) is 0 Å². The van der Waals surface area contributed by atoms with Crippen LogP contribution in [0.3, 0.4) is 0 Å². The Bertz CT molecular complexity index is 504. The molecule has 2 aliphatic rings. The summed E-state index contributed by atoms with van der Waals surface area (Å²) in [5.74, 6) is 1.48. The van der Waals surface area contributed by atoms with Crippen molar-refractivity contribution in [3.63, 3.8) is 0 Å². The van der Waals surface area contributed by atoms with Gasteiger partial charge in [0.15, 0.2) is 0 Å². The molecule has 21 heavy (non-hydrogen) atoms. The summed E-state index contributed by atoms with van der Waals surface area (Å²) >= 11 is 6.29. The van der Waals surface area contributed by atoms with Crippen LogP contribution in [0.1, 0.15) is 18.4 Å². The monoisotopic (exact) mass is 311 g/mol. The van der Waals surface area contributed by atoms with Crippen LogP contribution >= 0.6 is 11.6 Å². The molecule has 0 spiro atoms. The maximum absolute atomic E-state index is 8.90. The summed E-state index contributed by atoms with van der Waals surface area (Å²) in [7, 11) is 2.17. The van der Waals surface area contributed by atoms with Gasteiger partial charge in [0.25, 0.3) is 0 Å². The van der Waals surface area contributed by atoms with Crippen molar-refractivity contribution in [1.82, 2.24) is 14.9 Å². The fourth-order valence-corrected chi connectivity index (χ4v) is 3.40. The number of aliphatic hydroxyl groups is 1. The lowest BCUT2D eigenvalue weighted by Crippen LogP contribution is -2.43. The largest absolute Gasteiger partial charge is 0.395 e. The molecule has 7 heteroatoms. The van der Waals surface area contributed by atoms with E-state index < -0.39 is 0 Å². The number of fused-ring (bicyclic) bond motifs is 1. The van der Waals surface area contributed by atoms with E-state index >= 15 is 0 Å². The Morgan fingerprint density at radius 3 is 2.76 bits per heavy atom. The summed E-state index contributed by atoms with van der Waals surface area (Å²) < 4.78 is 0. The highest BCUT2D eigenvalue weighted by molar-refractivity contribution is 6.30. The number of nitrogens with zero attached hydrogens (tertiary/aromatic N) is 4. The van der Waals surface area contributed by atoms with Gasteiger partial charge in [-0.15, -0.1) is 0 Å². The second kappa shape index (κ2) is 6.34. The number of halogens is 1. The molecule has 0 aliphatic carbocycles. The van der Waals surface area contributed by atoms with Gasteiger partial charge in [-0.05, 0) is 39.4 Å². The van der Waals surface area contributed by atoms with Gasteiger partial charge in [-0.3, -0.25) is 0 Å². The van der Waals surface area contributed by atoms with E-state index in [1.54, 1.807) is 0 Å². The Hall–Kier alpha value is -1.11. The molecule has 2 aliphatic heterocycles. The molecule has 0 atom stereocenters. The molecule has 116 valence electrons. The lowest BCUT2D eigenvalue weighted by Gasteiger charge is -2.36. The molecular weight excluding hydrogens is 290 g/mol. The van der Waals surface area contributed by atoms with Crippen LogP contribution in [0.2, 0.25) is 5.15 Å². The standard InChI is InChI=1S/C14H22ClN5O/c1-19-6-2-10(3-7-19)20-8-4-11-12(15)17-14(16-5-9-21)18-13(11)20/h10,21H,2-9H2,1H3,(H,16,17,18). The van der Waals surface area contributed by atoms with Crippen molar-refractivity contribution >= 4 is 23.4 Å². The number of rotatable bonds is 4. The summed E-state index contributed by atoms with van der Waals surface area (Å²) in [4.78, 5) is 13.7. The average molecular weight is 312 g/mol. The molecule has 0 amide bonds. The van der Waals surface area contributed by atoms with Crippen LogP contribution in [-0.4, -0.2) is 65.8 Å².